The SMILES string of the molecule is COC1C=CC(C2SCCCS2)=C(F)N1C.P. The molecule has 2 aliphatic heterocycles. The van der Waals surface area contributed by atoms with Gasteiger partial charge in [0.05, 0.1) is 4.58 Å². The van der Waals surface area contributed by atoms with Gasteiger partial charge in [0, 0.05) is 19.7 Å². The van der Waals surface area contributed by atoms with Crippen LogP contribution in [0.15, 0.2) is 23.7 Å². The molecule has 0 bridgehead atoms. The van der Waals surface area contributed by atoms with Gasteiger partial charge in [-0.25, -0.2) is 0 Å². The van der Waals surface area contributed by atoms with Gasteiger partial charge >= 0.3 is 0 Å². The predicted octanol–water partition coefficient (Wildman–Crippen LogP) is 2.90. The molecule has 0 aromatic carbocycles. The Hall–Kier alpha value is 0.300. The van der Waals surface area contributed by atoms with Gasteiger partial charge in [0.2, 0.25) is 0 Å². The molecule has 2 heterocycles. The number of ether oxygens (including phenoxy) is 1. The molecule has 2 atom stereocenters. The molecule has 0 aliphatic carbocycles. The average molecular weight is 295 g/mol. The Kier molecular flexibility index (Phi) is 6.35. The average Bonchev–Trinajstić information content (AvgIpc) is 2.34. The van der Waals surface area contributed by atoms with Crippen molar-refractivity contribution in [1.82, 2.24) is 4.90 Å². The minimum atomic E-state index is -0.276. The maximum absolute atomic E-state index is 14.1. The van der Waals surface area contributed by atoms with Crippen molar-refractivity contribution in [1.29, 1.82) is 0 Å². The highest BCUT2D eigenvalue weighted by Gasteiger charge is 2.27. The number of hydrogen-bond acceptors (Lipinski definition) is 4. The fraction of sp³-hybridized carbons (Fsp3) is 0.636. The van der Waals surface area contributed by atoms with Crippen LogP contribution in [0.3, 0.4) is 0 Å². The molecule has 1 saturated heterocycles. The molecule has 17 heavy (non-hydrogen) atoms. The van der Waals surface area contributed by atoms with Gasteiger partial charge < -0.3 is 9.64 Å². The van der Waals surface area contributed by atoms with Crippen LogP contribution in [-0.2, 0) is 4.74 Å². The van der Waals surface area contributed by atoms with E-state index < -0.39 is 0 Å². The molecule has 2 unspecified atom stereocenters. The van der Waals surface area contributed by atoms with Crippen molar-refractivity contribution in [2.24, 2.45) is 0 Å². The molecule has 0 N–H and O–H groups in total. The van der Waals surface area contributed by atoms with Crippen molar-refractivity contribution in [2.75, 3.05) is 25.7 Å². The number of allylic oxidation sites excluding steroid dienone is 1. The van der Waals surface area contributed by atoms with Crippen LogP contribution in [0.25, 0.3) is 0 Å². The quantitative estimate of drug-likeness (QED) is 0.573. The van der Waals surface area contributed by atoms with Gasteiger partial charge in [-0.05, 0) is 24.0 Å². The maximum atomic E-state index is 14.1. The van der Waals surface area contributed by atoms with Crippen LogP contribution in [0.5, 0.6) is 0 Å². The molecular formula is C11H19FNOPS2. The third-order valence-electron chi connectivity index (χ3n) is 2.69. The van der Waals surface area contributed by atoms with Gasteiger partial charge in [-0.15, -0.1) is 23.5 Å². The van der Waals surface area contributed by atoms with Crippen LogP contribution in [0.1, 0.15) is 6.42 Å². The number of likely N-dealkylation sites (N-methyl/N-ethyl adjacent to an activating group) is 1. The fourth-order valence-corrected chi connectivity index (χ4v) is 4.68. The summed E-state index contributed by atoms with van der Waals surface area (Å²) in [5, 5.41) is 0. The number of rotatable bonds is 2. The fourth-order valence-electron chi connectivity index (χ4n) is 1.78. The number of hydrogen-bond donors (Lipinski definition) is 0. The Labute approximate surface area is 114 Å². The van der Waals surface area contributed by atoms with Gasteiger partial charge in [0.25, 0.3) is 0 Å². The lowest BCUT2D eigenvalue weighted by atomic mass is 10.2. The summed E-state index contributed by atoms with van der Waals surface area (Å²) in [5.41, 5.74) is 0.797. The smallest absolute Gasteiger partial charge is 0.196 e. The second-order valence-corrected chi connectivity index (χ2v) is 6.49. The third-order valence-corrected chi connectivity index (χ3v) is 5.67. The van der Waals surface area contributed by atoms with E-state index in [2.05, 4.69) is 0 Å². The van der Waals surface area contributed by atoms with Crippen LogP contribution < -0.4 is 0 Å². The van der Waals surface area contributed by atoms with Gasteiger partial charge in [0.15, 0.2) is 12.2 Å². The van der Waals surface area contributed by atoms with Crippen LogP contribution >= 0.6 is 33.4 Å². The van der Waals surface area contributed by atoms with E-state index in [0.717, 1.165) is 17.1 Å². The molecule has 0 spiro atoms. The molecule has 2 nitrogen and oxygen atoms in total. The Balaban J connectivity index is 0.00000144. The summed E-state index contributed by atoms with van der Waals surface area (Å²) in [6.45, 7) is 0. The van der Waals surface area contributed by atoms with E-state index in [1.54, 1.807) is 19.1 Å². The highest BCUT2D eigenvalue weighted by atomic mass is 32.2. The van der Waals surface area contributed by atoms with E-state index in [1.807, 2.05) is 35.7 Å². The number of halogens is 1. The second-order valence-electron chi connectivity index (χ2n) is 3.77. The lowest BCUT2D eigenvalue weighted by Crippen LogP contribution is -2.33. The van der Waals surface area contributed by atoms with Crippen molar-refractivity contribution in [3.8, 4) is 0 Å². The topological polar surface area (TPSA) is 12.5 Å². The first-order valence-corrected chi connectivity index (χ1v) is 7.40. The lowest BCUT2D eigenvalue weighted by Gasteiger charge is -2.32. The van der Waals surface area contributed by atoms with E-state index in [9.17, 15) is 4.39 Å². The first kappa shape index (κ1) is 15.4. The van der Waals surface area contributed by atoms with E-state index in [-0.39, 0.29) is 26.7 Å². The van der Waals surface area contributed by atoms with E-state index in [4.69, 9.17) is 4.74 Å². The lowest BCUT2D eigenvalue weighted by molar-refractivity contribution is 0.0215. The standard InChI is InChI=1S/C11H16FNOS2.H3P/c1-13-9(14-2)5-4-8(10(13)12)11-15-6-3-7-16-11;/h4-5,9,11H,3,6-7H2,1-2H3;1H3. The number of thioether (sulfide) groups is 2. The highest BCUT2D eigenvalue weighted by Crippen LogP contribution is 2.39. The van der Waals surface area contributed by atoms with Crippen LogP contribution in [-0.4, -0.2) is 41.4 Å². The molecule has 2 aliphatic rings. The Morgan fingerprint density at radius 1 is 1.41 bits per heavy atom. The van der Waals surface area contributed by atoms with Crippen molar-refractivity contribution in [2.45, 2.75) is 17.2 Å². The van der Waals surface area contributed by atoms with E-state index >= 15 is 0 Å². The van der Waals surface area contributed by atoms with Crippen LogP contribution in [0, 0.1) is 0 Å². The Morgan fingerprint density at radius 2 is 2.06 bits per heavy atom. The molecule has 0 saturated carbocycles. The summed E-state index contributed by atoms with van der Waals surface area (Å²) in [5.74, 6) is 2.10. The summed E-state index contributed by atoms with van der Waals surface area (Å²) in [6, 6.07) is 0. The zero-order chi connectivity index (χ0) is 11.5. The Bertz CT molecular complexity index is 319. The van der Waals surface area contributed by atoms with Crippen LogP contribution in [0.2, 0.25) is 0 Å². The molecule has 0 radical (unpaired) electrons. The summed E-state index contributed by atoms with van der Waals surface area (Å²) < 4.78 is 19.5. The summed E-state index contributed by atoms with van der Waals surface area (Å²) in [6.07, 6.45) is 4.73. The first-order chi connectivity index (χ1) is 7.74. The highest BCUT2D eigenvalue weighted by molar-refractivity contribution is 8.17. The van der Waals surface area contributed by atoms with Crippen molar-refractivity contribution in [3.63, 3.8) is 0 Å². The largest absolute Gasteiger partial charge is 0.358 e. The van der Waals surface area contributed by atoms with Gasteiger partial charge in [-0.2, -0.15) is 14.3 Å². The molecule has 0 aromatic rings. The van der Waals surface area contributed by atoms with Crippen molar-refractivity contribution >= 4 is 33.4 Å². The Morgan fingerprint density at radius 3 is 2.65 bits per heavy atom. The molecule has 6 heteroatoms. The minimum Gasteiger partial charge on any atom is -0.358 e. The van der Waals surface area contributed by atoms with Crippen molar-refractivity contribution in [3.05, 3.63) is 23.7 Å². The molecule has 98 valence electrons. The number of methoxy groups -OCH3 is 1. The van der Waals surface area contributed by atoms with Gasteiger partial charge in [-0.3, -0.25) is 0 Å². The predicted molar refractivity (Wildman–Crippen MR) is 80.3 cm³/mol. The summed E-state index contributed by atoms with van der Waals surface area (Å²) in [4.78, 5) is 1.55. The third kappa shape index (κ3) is 3.40. The zero-order valence-electron chi connectivity index (χ0n) is 10.2. The summed E-state index contributed by atoms with van der Waals surface area (Å²) in [7, 11) is 3.32. The molecule has 2 rings (SSSR count). The monoisotopic (exact) mass is 295 g/mol. The molecular weight excluding hydrogens is 276 g/mol. The van der Waals surface area contributed by atoms with Gasteiger partial charge in [0.1, 0.15) is 0 Å². The number of nitrogens with zero attached hydrogens (tertiary/aromatic N) is 1. The molecule has 0 amide bonds. The van der Waals surface area contributed by atoms with E-state index in [1.165, 1.54) is 6.42 Å². The zero-order valence-corrected chi connectivity index (χ0v) is 13.2. The van der Waals surface area contributed by atoms with Gasteiger partial charge in [-0.1, -0.05) is 6.08 Å². The first-order valence-electron chi connectivity index (χ1n) is 5.30. The molecule has 0 aromatic heterocycles. The maximum Gasteiger partial charge on any atom is 0.196 e. The van der Waals surface area contributed by atoms with E-state index in [0.29, 0.717) is 0 Å². The molecule has 1 fully saturated rings. The minimum absolute atomic E-state index is 0. The second kappa shape index (κ2) is 7.03. The normalized spacial score (nSPS) is 26.1. The summed E-state index contributed by atoms with van der Waals surface area (Å²) >= 11 is 3.66. The van der Waals surface area contributed by atoms with Crippen LogP contribution in [0.4, 0.5) is 4.39 Å². The van der Waals surface area contributed by atoms with Crippen molar-refractivity contribution < 1.29 is 9.13 Å².